The smallest absolute Gasteiger partial charge is 0.240 e. The molecule has 6 nitrogen and oxygen atoms in total. The molecule has 3 rings (SSSR count). The second-order valence-electron chi connectivity index (χ2n) is 6.20. The van der Waals surface area contributed by atoms with Gasteiger partial charge in [-0.3, -0.25) is 9.78 Å². The lowest BCUT2D eigenvalue weighted by atomic mass is 10.1. The molecule has 0 aliphatic heterocycles. The van der Waals surface area contributed by atoms with Crippen LogP contribution in [0, 0.1) is 0 Å². The van der Waals surface area contributed by atoms with E-state index >= 15 is 0 Å². The van der Waals surface area contributed by atoms with E-state index < -0.39 is 10.0 Å². The standard InChI is InChI=1S/C20H21N3O3S/c1-15(19-8-4-5-12-21-19)23-20(24)11-13-22-27(25,26)18-10-9-16-6-2-3-7-17(16)14-18/h2-10,12,14-15,22H,11,13H2,1H3,(H,23,24)/t15-/m1/s1. The number of hydrogen-bond acceptors (Lipinski definition) is 4. The van der Waals surface area contributed by atoms with Crippen LogP contribution in [0.25, 0.3) is 10.8 Å². The van der Waals surface area contributed by atoms with Crippen molar-refractivity contribution in [3.63, 3.8) is 0 Å². The van der Waals surface area contributed by atoms with Crippen molar-refractivity contribution in [3.05, 3.63) is 72.6 Å². The van der Waals surface area contributed by atoms with Crippen molar-refractivity contribution in [2.24, 2.45) is 0 Å². The lowest BCUT2D eigenvalue weighted by Crippen LogP contribution is -2.32. The number of fused-ring (bicyclic) bond motifs is 1. The van der Waals surface area contributed by atoms with Crippen LogP contribution in [0.15, 0.2) is 71.8 Å². The van der Waals surface area contributed by atoms with E-state index in [4.69, 9.17) is 0 Å². The molecule has 0 spiro atoms. The molecule has 1 heterocycles. The van der Waals surface area contributed by atoms with E-state index in [1.807, 2.05) is 43.3 Å². The van der Waals surface area contributed by atoms with Crippen LogP contribution in [0.1, 0.15) is 25.1 Å². The Bertz CT molecular complexity index is 1040. The Balaban J connectivity index is 1.56. The second kappa shape index (κ2) is 8.28. The molecule has 0 aliphatic rings. The summed E-state index contributed by atoms with van der Waals surface area (Å²) in [6.45, 7) is 1.86. The SMILES string of the molecule is C[C@@H](NC(=O)CCNS(=O)(=O)c1ccc2ccccc2c1)c1ccccn1. The first-order valence-electron chi connectivity index (χ1n) is 8.64. The van der Waals surface area contributed by atoms with E-state index in [1.165, 1.54) is 0 Å². The number of benzene rings is 2. The van der Waals surface area contributed by atoms with E-state index in [0.717, 1.165) is 16.5 Å². The van der Waals surface area contributed by atoms with Crippen LogP contribution in [0.5, 0.6) is 0 Å². The normalized spacial score (nSPS) is 12.6. The molecular formula is C20H21N3O3S. The maximum absolute atomic E-state index is 12.4. The van der Waals surface area contributed by atoms with Crippen molar-refractivity contribution in [2.45, 2.75) is 24.3 Å². The summed E-state index contributed by atoms with van der Waals surface area (Å²) in [7, 11) is -3.67. The van der Waals surface area contributed by atoms with Crippen molar-refractivity contribution in [2.75, 3.05) is 6.54 Å². The molecule has 0 bridgehead atoms. The molecule has 2 aromatic carbocycles. The zero-order chi connectivity index (χ0) is 19.3. The Morgan fingerprint density at radius 2 is 1.78 bits per heavy atom. The summed E-state index contributed by atoms with van der Waals surface area (Å²) in [5.41, 5.74) is 0.752. The third-order valence-corrected chi connectivity index (χ3v) is 5.64. The number of sulfonamides is 1. The fourth-order valence-electron chi connectivity index (χ4n) is 2.74. The van der Waals surface area contributed by atoms with Gasteiger partial charge in [0.25, 0.3) is 0 Å². The molecule has 0 unspecified atom stereocenters. The Morgan fingerprint density at radius 1 is 1.04 bits per heavy atom. The van der Waals surface area contributed by atoms with E-state index in [0.29, 0.717) is 0 Å². The molecule has 0 aliphatic carbocycles. The summed E-state index contributed by atoms with van der Waals surface area (Å²) < 4.78 is 27.4. The molecule has 27 heavy (non-hydrogen) atoms. The fraction of sp³-hybridized carbons (Fsp3) is 0.200. The Labute approximate surface area is 158 Å². The van der Waals surface area contributed by atoms with E-state index in [-0.39, 0.29) is 29.8 Å². The summed E-state index contributed by atoms with van der Waals surface area (Å²) in [6.07, 6.45) is 1.71. The third-order valence-electron chi connectivity index (χ3n) is 4.18. The van der Waals surface area contributed by atoms with Crippen LogP contribution in [-0.2, 0) is 14.8 Å². The van der Waals surface area contributed by atoms with Crippen LogP contribution >= 0.6 is 0 Å². The summed E-state index contributed by atoms with van der Waals surface area (Å²) >= 11 is 0. The summed E-state index contributed by atoms with van der Waals surface area (Å²) in [4.78, 5) is 16.4. The minimum atomic E-state index is -3.67. The monoisotopic (exact) mass is 383 g/mol. The minimum Gasteiger partial charge on any atom is -0.348 e. The van der Waals surface area contributed by atoms with Crippen LogP contribution in [0.3, 0.4) is 0 Å². The van der Waals surface area contributed by atoms with E-state index in [2.05, 4.69) is 15.0 Å². The maximum atomic E-state index is 12.4. The molecule has 3 aromatic rings. The van der Waals surface area contributed by atoms with E-state index in [9.17, 15) is 13.2 Å². The van der Waals surface area contributed by atoms with Gasteiger partial charge in [-0.15, -0.1) is 0 Å². The molecule has 0 saturated heterocycles. The van der Waals surface area contributed by atoms with Gasteiger partial charge in [0.1, 0.15) is 0 Å². The molecule has 0 saturated carbocycles. The van der Waals surface area contributed by atoms with Gasteiger partial charge in [-0.2, -0.15) is 0 Å². The molecule has 1 atom stereocenters. The number of pyridine rings is 1. The van der Waals surface area contributed by atoms with E-state index in [1.54, 1.807) is 30.5 Å². The number of amides is 1. The molecule has 7 heteroatoms. The molecule has 1 aromatic heterocycles. The highest BCUT2D eigenvalue weighted by Crippen LogP contribution is 2.18. The first-order valence-corrected chi connectivity index (χ1v) is 10.1. The predicted molar refractivity (Wildman–Crippen MR) is 105 cm³/mol. The number of nitrogens with zero attached hydrogens (tertiary/aromatic N) is 1. The third kappa shape index (κ3) is 4.90. The van der Waals surface area contributed by atoms with Gasteiger partial charge < -0.3 is 5.32 Å². The Morgan fingerprint density at radius 3 is 2.52 bits per heavy atom. The number of rotatable bonds is 7. The molecule has 1 amide bonds. The number of hydrogen-bond donors (Lipinski definition) is 2. The summed E-state index contributed by atoms with van der Waals surface area (Å²) in [5, 5.41) is 4.63. The maximum Gasteiger partial charge on any atom is 0.240 e. The second-order valence-corrected chi connectivity index (χ2v) is 7.97. The number of aromatic nitrogens is 1. The van der Waals surface area contributed by atoms with Crippen molar-refractivity contribution in [1.29, 1.82) is 0 Å². The highest BCUT2D eigenvalue weighted by molar-refractivity contribution is 7.89. The van der Waals surface area contributed by atoms with Crippen molar-refractivity contribution in [1.82, 2.24) is 15.0 Å². The van der Waals surface area contributed by atoms with Crippen molar-refractivity contribution >= 4 is 26.7 Å². The lowest BCUT2D eigenvalue weighted by Gasteiger charge is -2.13. The number of carbonyl (C=O) groups is 1. The number of carbonyl (C=O) groups excluding carboxylic acids is 1. The van der Waals surface area contributed by atoms with Crippen LogP contribution in [-0.4, -0.2) is 25.9 Å². The summed E-state index contributed by atoms with van der Waals surface area (Å²) in [5.74, 6) is -0.241. The summed E-state index contributed by atoms with van der Waals surface area (Å²) in [6, 6.07) is 17.7. The first-order chi connectivity index (χ1) is 13.0. The minimum absolute atomic E-state index is 0.0237. The van der Waals surface area contributed by atoms with Gasteiger partial charge in [0.2, 0.25) is 15.9 Å². The predicted octanol–water partition coefficient (Wildman–Crippen LogP) is 2.78. The van der Waals surface area contributed by atoms with Gasteiger partial charge in [0, 0.05) is 19.2 Å². The zero-order valence-electron chi connectivity index (χ0n) is 14.9. The first kappa shape index (κ1) is 19.0. The van der Waals surface area contributed by atoms with Gasteiger partial charge >= 0.3 is 0 Å². The average molecular weight is 383 g/mol. The quantitative estimate of drug-likeness (QED) is 0.657. The van der Waals surface area contributed by atoms with Gasteiger partial charge in [-0.25, -0.2) is 13.1 Å². The Kier molecular flexibility index (Phi) is 5.83. The zero-order valence-corrected chi connectivity index (χ0v) is 15.7. The topological polar surface area (TPSA) is 88.2 Å². The lowest BCUT2D eigenvalue weighted by molar-refractivity contribution is -0.121. The highest BCUT2D eigenvalue weighted by atomic mass is 32.2. The van der Waals surface area contributed by atoms with Gasteiger partial charge in [0.05, 0.1) is 16.6 Å². The number of nitrogens with one attached hydrogen (secondary N) is 2. The largest absolute Gasteiger partial charge is 0.348 e. The van der Waals surface area contributed by atoms with Crippen LogP contribution in [0.2, 0.25) is 0 Å². The average Bonchev–Trinajstić information content (AvgIpc) is 2.68. The van der Waals surface area contributed by atoms with Gasteiger partial charge in [0.15, 0.2) is 0 Å². The molecule has 140 valence electrons. The van der Waals surface area contributed by atoms with Crippen molar-refractivity contribution in [3.8, 4) is 0 Å². The molecular weight excluding hydrogens is 362 g/mol. The fourth-order valence-corrected chi connectivity index (χ4v) is 3.80. The van der Waals surface area contributed by atoms with Gasteiger partial charge in [-0.05, 0) is 42.0 Å². The molecule has 0 fully saturated rings. The highest BCUT2D eigenvalue weighted by Gasteiger charge is 2.15. The van der Waals surface area contributed by atoms with Gasteiger partial charge in [-0.1, -0.05) is 36.4 Å². The van der Waals surface area contributed by atoms with Crippen molar-refractivity contribution < 1.29 is 13.2 Å². The molecule has 0 radical (unpaired) electrons. The van der Waals surface area contributed by atoms with Crippen LogP contribution < -0.4 is 10.0 Å². The Hall–Kier alpha value is -2.77. The van der Waals surface area contributed by atoms with Crippen LogP contribution in [0.4, 0.5) is 0 Å². The molecule has 2 N–H and O–H groups in total.